The third kappa shape index (κ3) is 14.0. The van der Waals surface area contributed by atoms with Gasteiger partial charge in [-0.3, -0.25) is 15.3 Å². The zero-order valence-corrected chi connectivity index (χ0v) is 39.9. The van der Waals surface area contributed by atoms with Crippen molar-refractivity contribution in [2.24, 2.45) is 4.40 Å². The molecule has 0 saturated heterocycles. The van der Waals surface area contributed by atoms with Crippen LogP contribution in [0, 0.1) is 7.43 Å². The van der Waals surface area contributed by atoms with E-state index in [4.69, 9.17) is 0 Å². The number of hydrogen-bond donors (Lipinski definition) is 5. The zero-order chi connectivity index (χ0) is 39.1. The summed E-state index contributed by atoms with van der Waals surface area (Å²) in [7, 11) is -3.39. The number of H-pyrrole nitrogens is 3. The Hall–Kier alpha value is -2.64. The number of rotatable bonds is 8. The van der Waals surface area contributed by atoms with E-state index in [-0.39, 0.29) is 73.8 Å². The maximum absolute atomic E-state index is 12.1. The van der Waals surface area contributed by atoms with Crippen LogP contribution >= 0.6 is 0 Å². The molecular weight excluding hydrogens is 843 g/mol. The van der Waals surface area contributed by atoms with Crippen LogP contribution in [0.3, 0.4) is 0 Å². The Balaban J connectivity index is 0.000000409. The first-order valence-electron chi connectivity index (χ1n) is 17.4. The van der Waals surface area contributed by atoms with Gasteiger partial charge in [-0.1, -0.05) is 36.4 Å². The Labute approximate surface area is 366 Å². The fourth-order valence-electron chi connectivity index (χ4n) is 4.91. The number of aromatic amines is 3. The van der Waals surface area contributed by atoms with Crippen molar-refractivity contribution < 1.29 is 29.6 Å². The van der Waals surface area contributed by atoms with Crippen LogP contribution in [-0.2, 0) is 33.0 Å². The van der Waals surface area contributed by atoms with Crippen molar-refractivity contribution in [3.8, 4) is 0 Å². The first-order chi connectivity index (χ1) is 24.8. The van der Waals surface area contributed by atoms with Crippen LogP contribution in [0.1, 0.15) is 105 Å². The van der Waals surface area contributed by atoms with E-state index in [1.807, 2.05) is 143 Å². The molecule has 0 radical (unpaired) electrons. The van der Waals surface area contributed by atoms with Crippen molar-refractivity contribution in [1.29, 1.82) is 0 Å². The van der Waals surface area contributed by atoms with Crippen molar-refractivity contribution in [2.45, 2.75) is 102 Å². The molecule has 17 heteroatoms. The molecule has 302 valence electrons. The molecular formula is C39H56BrMgN9O3S3. The van der Waals surface area contributed by atoms with E-state index in [2.05, 4.69) is 44.4 Å². The van der Waals surface area contributed by atoms with E-state index in [0.717, 1.165) is 49.4 Å². The molecule has 3 heterocycles. The van der Waals surface area contributed by atoms with Crippen molar-refractivity contribution in [1.82, 2.24) is 40.0 Å². The van der Waals surface area contributed by atoms with Crippen molar-refractivity contribution in [3.63, 3.8) is 0 Å². The fraction of sp³-hybridized carbons (Fsp3) is 0.410. The van der Waals surface area contributed by atoms with Gasteiger partial charge in [0, 0.05) is 40.0 Å². The summed E-state index contributed by atoms with van der Waals surface area (Å²) in [5, 5.41) is 24.0. The number of fused-ring (bicyclic) bond motifs is 3. The zero-order valence-electron chi connectivity index (χ0n) is 34.5. The van der Waals surface area contributed by atoms with Gasteiger partial charge < -0.3 is 24.4 Å². The van der Waals surface area contributed by atoms with Gasteiger partial charge in [0.05, 0.1) is 71.4 Å². The molecule has 5 atom stereocenters. The SMILES string of the molecule is CC(C)(C)[S@@](=O)N=Cc1cccc2[nH]ncc12.C[C@@H](N[S@](=O)C(C)(C)C)c1cccc2[nH]ncc12.C[C@H](N[S@](=O)C(C)(C)C)c1cccc2[nH]ncc12.[Br-].[CH3-].[Mg+2]. The molecule has 0 bridgehead atoms. The first-order valence-corrected chi connectivity index (χ1v) is 20.8. The Kier molecular flexibility index (Phi) is 20.1. The number of halogens is 1. The summed E-state index contributed by atoms with van der Waals surface area (Å²) in [6.07, 6.45) is 7.02. The number of benzene rings is 3. The number of nitrogens with zero attached hydrogens (tertiary/aromatic N) is 4. The third-order valence-corrected chi connectivity index (χ3v) is 12.7. The maximum atomic E-state index is 12.1. The van der Waals surface area contributed by atoms with Crippen LogP contribution in [0.5, 0.6) is 0 Å². The molecule has 6 rings (SSSR count). The second kappa shape index (κ2) is 21.9. The summed E-state index contributed by atoms with van der Waals surface area (Å²) in [5.74, 6) is 0. The molecule has 0 aliphatic carbocycles. The number of aromatic nitrogens is 6. The van der Waals surface area contributed by atoms with E-state index >= 15 is 0 Å². The van der Waals surface area contributed by atoms with Gasteiger partial charge in [0.1, 0.15) is 11.0 Å². The Morgan fingerprint density at radius 2 is 0.964 bits per heavy atom. The molecule has 5 N–H and O–H groups in total. The predicted molar refractivity (Wildman–Crippen MR) is 235 cm³/mol. The molecule has 0 aliphatic rings. The van der Waals surface area contributed by atoms with Crippen LogP contribution < -0.4 is 26.4 Å². The molecule has 0 spiro atoms. The van der Waals surface area contributed by atoms with Gasteiger partial charge in [0.2, 0.25) is 0 Å². The minimum absolute atomic E-state index is 0. The molecule has 0 unspecified atom stereocenters. The smallest absolute Gasteiger partial charge is 1.00 e. The molecule has 0 aliphatic heterocycles. The largest absolute Gasteiger partial charge is 2.00 e. The standard InChI is InChI=1S/2C13H19N3OS.C12H15N3OS.CH3.BrH.Mg/c2*1-9(16-18(17)13(2,3)4)10-6-5-7-12-11(10)8-14-15-12;1-12(2,3)17(16)14-7-9-5-4-6-11-10(9)8-13-15-11;;;/h2*5-9,16H,1-4H3,(H,14,15);4-8H,1-3H3,(H,13,15);1H3;1H;/q;;;-1;;+2/p-1/t9-,18+;9-,18-;17-;;;/m011.../s1. The summed E-state index contributed by atoms with van der Waals surface area (Å²) in [6.45, 7) is 21.5. The Morgan fingerprint density at radius 3 is 1.34 bits per heavy atom. The first kappa shape index (κ1) is 51.4. The normalized spacial score (nSPS) is 14.6. The quantitative estimate of drug-likeness (QED) is 0.0829. The molecule has 56 heavy (non-hydrogen) atoms. The molecule has 0 saturated carbocycles. The van der Waals surface area contributed by atoms with Gasteiger partial charge in [-0.05, 0) is 105 Å². The van der Waals surface area contributed by atoms with Gasteiger partial charge in [-0.2, -0.15) is 19.7 Å². The minimum Gasteiger partial charge on any atom is -1.00 e. The second-order valence-corrected chi connectivity index (χ2v) is 21.5. The van der Waals surface area contributed by atoms with Crippen LogP contribution in [-0.4, -0.2) is 86.7 Å². The third-order valence-electron chi connectivity index (χ3n) is 7.98. The summed E-state index contributed by atoms with van der Waals surface area (Å²) in [4.78, 5) is 0. The van der Waals surface area contributed by atoms with Gasteiger partial charge in [0.15, 0.2) is 0 Å². The maximum Gasteiger partial charge on any atom is 2.00 e. The van der Waals surface area contributed by atoms with Crippen molar-refractivity contribution in [2.75, 3.05) is 0 Å². The number of hydrogen-bond acceptors (Lipinski definition) is 6. The molecule has 3 aromatic carbocycles. The molecule has 6 aromatic rings. The van der Waals surface area contributed by atoms with Gasteiger partial charge in [-0.15, -0.1) is 0 Å². The van der Waals surface area contributed by atoms with E-state index in [1.54, 1.807) is 12.4 Å². The molecule has 3 aromatic heterocycles. The second-order valence-electron chi connectivity index (χ2n) is 15.6. The number of nitrogens with one attached hydrogen (secondary N) is 5. The summed E-state index contributed by atoms with van der Waals surface area (Å²) < 4.78 is 45.5. The Bertz CT molecular complexity index is 2130. The predicted octanol–water partition coefficient (Wildman–Crippen LogP) is 4.87. The fourth-order valence-corrected chi connectivity index (χ4v) is 7.03. The Morgan fingerprint density at radius 1 is 0.607 bits per heavy atom. The van der Waals surface area contributed by atoms with E-state index in [1.165, 1.54) is 0 Å². The minimum atomic E-state index is -1.23. The molecule has 0 fully saturated rings. The summed E-state index contributed by atoms with van der Waals surface area (Å²) in [5.41, 5.74) is 6.10. The van der Waals surface area contributed by atoms with E-state index < -0.39 is 33.0 Å². The van der Waals surface area contributed by atoms with Crippen LogP contribution in [0.2, 0.25) is 0 Å². The van der Waals surface area contributed by atoms with Gasteiger partial charge in [-0.25, -0.2) is 22.1 Å². The summed E-state index contributed by atoms with van der Waals surface area (Å²) in [6, 6.07) is 17.8. The van der Waals surface area contributed by atoms with Crippen LogP contribution in [0.25, 0.3) is 32.7 Å². The van der Waals surface area contributed by atoms with Crippen LogP contribution in [0.4, 0.5) is 0 Å². The van der Waals surface area contributed by atoms with Crippen LogP contribution in [0.15, 0.2) is 77.6 Å². The average molecular weight is 899 g/mol. The van der Waals surface area contributed by atoms with Gasteiger partial charge in [0.25, 0.3) is 0 Å². The average Bonchev–Trinajstić information content (AvgIpc) is 3.87. The van der Waals surface area contributed by atoms with Crippen molar-refractivity contribution in [3.05, 3.63) is 97.3 Å². The topological polar surface area (TPSA) is 174 Å². The van der Waals surface area contributed by atoms with E-state index in [9.17, 15) is 12.6 Å². The van der Waals surface area contributed by atoms with E-state index in [0.29, 0.717) is 0 Å². The molecule has 12 nitrogen and oxygen atoms in total. The monoisotopic (exact) mass is 897 g/mol. The summed E-state index contributed by atoms with van der Waals surface area (Å²) >= 11 is 0. The van der Waals surface area contributed by atoms with Crippen molar-refractivity contribution >= 4 is 94.9 Å². The molecule has 0 amide bonds. The van der Waals surface area contributed by atoms with Gasteiger partial charge >= 0.3 is 23.1 Å².